The molecule has 0 radical (unpaired) electrons. The van der Waals surface area contributed by atoms with E-state index < -0.39 is 128 Å². The van der Waals surface area contributed by atoms with Gasteiger partial charge >= 0.3 is 5.97 Å². The van der Waals surface area contributed by atoms with Gasteiger partial charge in [-0.2, -0.15) is 0 Å². The third kappa shape index (κ3) is 8.64. The van der Waals surface area contributed by atoms with Crippen LogP contribution < -0.4 is 0 Å². The molecule has 5 heterocycles. The van der Waals surface area contributed by atoms with Gasteiger partial charge < -0.3 is 88.6 Å². The topological polar surface area (TPSA) is 282 Å². The average Bonchev–Trinajstić information content (AvgIpc) is 3.82. The molecule has 376 valence electrons. The standard InChI is InChI=1S/C47H74O19/c1-20-41(64-36-16-30(50)42(21(2)60-36)65-37-17-31(51)43(22(3)61-37)66-44-40(56)39(55)38(54)32(18-48)63-44)29(49)15-35(59-20)62-25-8-10-45(4)24(13-25)6-7-27-28(45)14-33(52)46(5)26(9-11-47(27,46)57)23-12-34(53)58-19-23/h12,20-22,24-33,35-44,48-52,54-57H,6-11,13-19H2,1-5H3/t20?,21?,22?,24-,25+,26-,27-,28+,29-,30-,31-,32?,33-,35+,36+,37+,38-,39-,40?,41-,42-,43-,44+,45+,46+,47+/m1/s1. The molecule has 5 aliphatic heterocycles. The van der Waals surface area contributed by atoms with Crippen molar-refractivity contribution in [2.75, 3.05) is 13.2 Å². The van der Waals surface area contributed by atoms with Gasteiger partial charge in [-0.1, -0.05) is 13.8 Å². The Hall–Kier alpha value is -1.47. The van der Waals surface area contributed by atoms with E-state index in [1.165, 1.54) is 0 Å². The SMILES string of the molecule is CC1O[C@@H](O[C@H]2CC[C@@]3(C)[C@H](CC[C@@H]4[C@@H]3C[C@@H](O)[C@]3(C)[C@@H](C5=CC(=O)OC5)CC[C@]43O)C2)C[C@@H](O)[C@@H]1O[C@H]1C[C@@H](O)[C@H](O[C@H]2C[C@@H](O)[C@H](O[C@@H]3OC(CO)[C@@H](O)[C@@H](O)C3O)C(C)O2)C(C)O1. The summed E-state index contributed by atoms with van der Waals surface area (Å²) in [5, 5.41) is 98.4. The van der Waals surface area contributed by atoms with Crippen LogP contribution in [-0.4, -0.2) is 187 Å². The van der Waals surface area contributed by atoms with Crippen molar-refractivity contribution in [3.63, 3.8) is 0 Å². The lowest BCUT2D eigenvalue weighted by molar-refractivity contribution is -0.355. The Labute approximate surface area is 385 Å². The predicted molar refractivity (Wildman–Crippen MR) is 225 cm³/mol. The molecular formula is C47H74O19. The maximum atomic E-state index is 12.6. The molecule has 26 atom stereocenters. The molecule has 0 aromatic carbocycles. The fraction of sp³-hybridized carbons (Fsp3) is 0.936. The first-order valence-electron chi connectivity index (χ1n) is 24.5. The zero-order valence-electron chi connectivity index (χ0n) is 38.7. The smallest absolute Gasteiger partial charge is 0.331 e. The Morgan fingerprint density at radius 2 is 1.23 bits per heavy atom. The van der Waals surface area contributed by atoms with E-state index in [2.05, 4.69) is 6.92 Å². The van der Waals surface area contributed by atoms with E-state index in [0.29, 0.717) is 18.8 Å². The van der Waals surface area contributed by atoms with Gasteiger partial charge in [-0.3, -0.25) is 0 Å². The number of hydrogen-bond donors (Lipinski definition) is 9. The van der Waals surface area contributed by atoms with E-state index >= 15 is 0 Å². The Morgan fingerprint density at radius 3 is 1.77 bits per heavy atom. The van der Waals surface area contributed by atoms with E-state index in [-0.39, 0.29) is 61.1 Å². The summed E-state index contributed by atoms with van der Waals surface area (Å²) in [7, 11) is 0. The summed E-state index contributed by atoms with van der Waals surface area (Å²) in [5.41, 5.74) is -0.989. The van der Waals surface area contributed by atoms with Gasteiger partial charge in [0.25, 0.3) is 0 Å². The van der Waals surface area contributed by atoms with Crippen LogP contribution >= 0.6 is 0 Å². The van der Waals surface area contributed by atoms with Crippen LogP contribution in [0.1, 0.15) is 105 Å². The highest BCUT2D eigenvalue weighted by Gasteiger charge is 2.71. The van der Waals surface area contributed by atoms with E-state index in [1.54, 1.807) is 19.9 Å². The van der Waals surface area contributed by atoms with Crippen LogP contribution in [0.25, 0.3) is 0 Å². The van der Waals surface area contributed by atoms with Crippen molar-refractivity contribution in [1.82, 2.24) is 0 Å². The second kappa shape index (κ2) is 18.9. The lowest BCUT2D eigenvalue weighted by atomic mass is 9.42. The van der Waals surface area contributed by atoms with Crippen LogP contribution in [0.3, 0.4) is 0 Å². The van der Waals surface area contributed by atoms with Crippen LogP contribution in [0, 0.1) is 34.5 Å². The van der Waals surface area contributed by atoms with Crippen LogP contribution in [0.4, 0.5) is 0 Å². The Balaban J connectivity index is 0.737. The Bertz CT molecular complexity index is 1720. The maximum Gasteiger partial charge on any atom is 0.331 e. The van der Waals surface area contributed by atoms with Gasteiger partial charge in [0.1, 0.15) is 49.3 Å². The summed E-state index contributed by atoms with van der Waals surface area (Å²) >= 11 is 0. The molecule has 5 unspecified atom stereocenters. The number of hydrogen-bond acceptors (Lipinski definition) is 19. The van der Waals surface area contributed by atoms with Crippen molar-refractivity contribution in [3.8, 4) is 0 Å². The van der Waals surface area contributed by atoms with Crippen molar-refractivity contribution in [2.45, 2.75) is 228 Å². The molecule has 0 bridgehead atoms. The molecule has 9 rings (SSSR count). The molecule has 4 saturated carbocycles. The predicted octanol–water partition coefficient (Wildman–Crippen LogP) is 0.0423. The average molecular weight is 943 g/mol. The first-order chi connectivity index (χ1) is 31.2. The van der Waals surface area contributed by atoms with E-state index in [0.717, 1.165) is 44.1 Å². The number of fused-ring (bicyclic) bond motifs is 5. The zero-order chi connectivity index (χ0) is 47.2. The first-order valence-corrected chi connectivity index (χ1v) is 24.5. The summed E-state index contributed by atoms with van der Waals surface area (Å²) in [4.78, 5) is 12.0. The number of rotatable bonds is 10. The number of aliphatic hydroxyl groups is 9. The van der Waals surface area contributed by atoms with Gasteiger partial charge in [0.05, 0.1) is 61.0 Å². The lowest BCUT2D eigenvalue weighted by Gasteiger charge is -2.65. The summed E-state index contributed by atoms with van der Waals surface area (Å²) < 4.78 is 53.9. The minimum Gasteiger partial charge on any atom is -0.458 e. The number of carbonyl (C=O) groups excluding carboxylic acids is 1. The largest absolute Gasteiger partial charge is 0.458 e. The molecule has 0 spiro atoms. The van der Waals surface area contributed by atoms with Gasteiger partial charge in [0.2, 0.25) is 0 Å². The summed E-state index contributed by atoms with van der Waals surface area (Å²) in [6.07, 6.45) is -10.8. The normalized spacial score (nSPS) is 55.3. The molecule has 8 fully saturated rings. The first kappa shape index (κ1) is 49.5. The van der Waals surface area contributed by atoms with Crippen molar-refractivity contribution < 1.29 is 93.4 Å². The number of esters is 1. The third-order valence-corrected chi connectivity index (χ3v) is 18.1. The van der Waals surface area contributed by atoms with Crippen LogP contribution in [0.15, 0.2) is 11.6 Å². The van der Waals surface area contributed by atoms with Crippen LogP contribution in [0.2, 0.25) is 0 Å². The number of aliphatic hydroxyl groups excluding tert-OH is 8. The number of cyclic esters (lactones) is 1. The molecule has 0 amide bonds. The highest BCUT2D eigenvalue weighted by Crippen LogP contribution is 2.70. The van der Waals surface area contributed by atoms with Crippen LogP contribution in [-0.2, 0) is 47.4 Å². The van der Waals surface area contributed by atoms with Gasteiger partial charge in [0.15, 0.2) is 25.2 Å². The summed E-state index contributed by atoms with van der Waals surface area (Å²) in [5.74, 6) is 0.0825. The molecule has 4 aliphatic carbocycles. The highest BCUT2D eigenvalue weighted by molar-refractivity contribution is 5.85. The van der Waals surface area contributed by atoms with Gasteiger partial charge in [-0.15, -0.1) is 0 Å². The second-order valence-electron chi connectivity index (χ2n) is 21.6. The molecular weight excluding hydrogens is 868 g/mol. The van der Waals surface area contributed by atoms with Crippen molar-refractivity contribution >= 4 is 5.97 Å². The van der Waals surface area contributed by atoms with Crippen molar-refractivity contribution in [2.24, 2.45) is 34.5 Å². The molecule has 19 nitrogen and oxygen atoms in total. The van der Waals surface area contributed by atoms with Crippen LogP contribution in [0.5, 0.6) is 0 Å². The molecule has 0 aromatic heterocycles. The molecule has 4 saturated heterocycles. The highest BCUT2D eigenvalue weighted by atomic mass is 16.8. The summed E-state index contributed by atoms with van der Waals surface area (Å²) in [6, 6.07) is 0. The number of ether oxygens (including phenoxy) is 9. The summed E-state index contributed by atoms with van der Waals surface area (Å²) in [6.45, 7) is 9.11. The lowest BCUT2D eigenvalue weighted by Crippen LogP contribution is -2.67. The quantitative estimate of drug-likeness (QED) is 0.103. The maximum absolute atomic E-state index is 12.6. The second-order valence-corrected chi connectivity index (χ2v) is 21.6. The van der Waals surface area contributed by atoms with Gasteiger partial charge in [0, 0.05) is 30.8 Å². The van der Waals surface area contributed by atoms with Gasteiger partial charge in [-0.25, -0.2) is 4.79 Å². The fourth-order valence-electron chi connectivity index (χ4n) is 14.3. The van der Waals surface area contributed by atoms with E-state index in [4.69, 9.17) is 42.6 Å². The molecule has 66 heavy (non-hydrogen) atoms. The van der Waals surface area contributed by atoms with Crippen molar-refractivity contribution in [3.05, 3.63) is 11.6 Å². The molecule has 9 N–H and O–H groups in total. The van der Waals surface area contributed by atoms with E-state index in [9.17, 15) is 50.8 Å². The minimum absolute atomic E-state index is 0.0188. The molecule has 0 aromatic rings. The van der Waals surface area contributed by atoms with Gasteiger partial charge in [-0.05, 0) is 107 Å². The third-order valence-electron chi connectivity index (χ3n) is 18.1. The zero-order valence-corrected chi connectivity index (χ0v) is 38.7. The molecule has 19 heteroatoms. The van der Waals surface area contributed by atoms with Crippen molar-refractivity contribution in [1.29, 1.82) is 0 Å². The van der Waals surface area contributed by atoms with E-state index in [1.807, 2.05) is 13.8 Å². The Kier molecular flexibility index (Phi) is 14.2. The minimum atomic E-state index is -1.65. The molecule has 9 aliphatic rings. The Morgan fingerprint density at radius 1 is 0.652 bits per heavy atom. The monoisotopic (exact) mass is 942 g/mol. The fourth-order valence-corrected chi connectivity index (χ4v) is 14.3. The number of carbonyl (C=O) groups is 1.